The lowest BCUT2D eigenvalue weighted by Crippen LogP contribution is -2.27. The molecule has 0 spiro atoms. The molecule has 4 heteroatoms. The summed E-state index contributed by atoms with van der Waals surface area (Å²) in [7, 11) is 0. The van der Waals surface area contributed by atoms with Gasteiger partial charge in [0, 0.05) is 18.8 Å². The molecule has 1 aliphatic carbocycles. The average molecular weight is 442 g/mol. The number of rotatable bonds is 10. The number of ether oxygens (including phenoxy) is 1. The third kappa shape index (κ3) is 7.21. The molecule has 1 aliphatic rings. The van der Waals surface area contributed by atoms with Crippen LogP contribution in [0.2, 0.25) is 0 Å². The van der Waals surface area contributed by atoms with Crippen LogP contribution in [0.25, 0.3) is 6.08 Å². The van der Waals surface area contributed by atoms with Crippen LogP contribution in [0, 0.1) is 29.6 Å². The zero-order chi connectivity index (χ0) is 23.5. The molecule has 1 fully saturated rings. The molecule has 0 amide bonds. The summed E-state index contributed by atoms with van der Waals surface area (Å²) in [5.74, 6) is 0.762. The lowest BCUT2D eigenvalue weighted by atomic mass is 9.84. The molecule has 2 aromatic carbocycles. The minimum Gasteiger partial charge on any atom is -0.379 e. The Kier molecular flexibility index (Phi) is 9.55. The minimum absolute atomic E-state index is 0.121. The summed E-state index contributed by atoms with van der Waals surface area (Å²) < 4.78 is 5.95. The van der Waals surface area contributed by atoms with Gasteiger partial charge in [0.15, 0.2) is 0 Å². The Morgan fingerprint density at radius 2 is 1.76 bits per heavy atom. The average Bonchev–Trinajstić information content (AvgIpc) is 2.86. The van der Waals surface area contributed by atoms with Crippen molar-refractivity contribution in [3.8, 4) is 12.1 Å². The fourth-order valence-electron chi connectivity index (χ4n) is 4.59. The van der Waals surface area contributed by atoms with E-state index in [0.717, 1.165) is 48.8 Å². The van der Waals surface area contributed by atoms with Crippen LogP contribution in [0.3, 0.4) is 0 Å². The molecule has 0 aliphatic heterocycles. The van der Waals surface area contributed by atoms with Crippen molar-refractivity contribution in [1.29, 1.82) is 10.5 Å². The molecule has 0 bridgehead atoms. The number of anilines is 1. The van der Waals surface area contributed by atoms with E-state index in [1.54, 1.807) is 6.08 Å². The van der Waals surface area contributed by atoms with E-state index in [1.165, 1.54) is 43.2 Å². The Bertz CT molecular complexity index is 989. The van der Waals surface area contributed by atoms with Gasteiger partial charge in [-0.1, -0.05) is 49.6 Å². The number of benzene rings is 2. The highest BCUT2D eigenvalue weighted by molar-refractivity contribution is 5.66. The molecule has 4 nitrogen and oxygen atoms in total. The van der Waals surface area contributed by atoms with Crippen molar-refractivity contribution in [3.63, 3.8) is 0 Å². The molecule has 0 radical (unpaired) electrons. The minimum atomic E-state index is 0.121. The van der Waals surface area contributed by atoms with Crippen molar-refractivity contribution < 1.29 is 4.74 Å². The summed E-state index contributed by atoms with van der Waals surface area (Å²) in [6, 6.07) is 19.1. The molecular formula is C29H35N3O. The summed E-state index contributed by atoms with van der Waals surface area (Å²) in [6.07, 6.45) is 9.41. The van der Waals surface area contributed by atoms with Gasteiger partial charge < -0.3 is 9.64 Å². The molecule has 0 heterocycles. The first kappa shape index (κ1) is 24.6. The SMILES string of the molecule is CCN(CCOCCc1ccc(C2CCCCC2)cc1)c1ccc(C=C(C#N)C#N)c(C)c1. The highest BCUT2D eigenvalue weighted by Gasteiger charge is 2.15. The second kappa shape index (κ2) is 12.8. The number of nitrogens with zero attached hydrogens (tertiary/aromatic N) is 3. The molecular weight excluding hydrogens is 406 g/mol. The van der Waals surface area contributed by atoms with Gasteiger partial charge >= 0.3 is 0 Å². The molecule has 0 unspecified atom stereocenters. The van der Waals surface area contributed by atoms with Crippen LogP contribution >= 0.6 is 0 Å². The second-order valence-corrected chi connectivity index (χ2v) is 8.84. The Hall–Kier alpha value is -3.08. The van der Waals surface area contributed by atoms with Crippen LogP contribution in [-0.4, -0.2) is 26.3 Å². The van der Waals surface area contributed by atoms with Crippen LogP contribution in [0.1, 0.15) is 67.2 Å². The van der Waals surface area contributed by atoms with E-state index in [4.69, 9.17) is 15.3 Å². The van der Waals surface area contributed by atoms with Crippen LogP contribution in [-0.2, 0) is 11.2 Å². The van der Waals surface area contributed by atoms with E-state index in [2.05, 4.69) is 42.2 Å². The maximum Gasteiger partial charge on any atom is 0.130 e. The molecule has 3 rings (SSSR count). The Morgan fingerprint density at radius 1 is 1.03 bits per heavy atom. The number of aryl methyl sites for hydroxylation is 1. The lowest BCUT2D eigenvalue weighted by molar-refractivity contribution is 0.143. The van der Waals surface area contributed by atoms with Crippen molar-refractivity contribution in [2.75, 3.05) is 31.2 Å². The van der Waals surface area contributed by atoms with Gasteiger partial charge in [0.2, 0.25) is 0 Å². The fourth-order valence-corrected chi connectivity index (χ4v) is 4.59. The highest BCUT2D eigenvalue weighted by Crippen LogP contribution is 2.32. The van der Waals surface area contributed by atoms with Crippen LogP contribution in [0.15, 0.2) is 48.0 Å². The van der Waals surface area contributed by atoms with Crippen molar-refractivity contribution >= 4 is 11.8 Å². The lowest BCUT2D eigenvalue weighted by Gasteiger charge is -2.24. The predicted octanol–water partition coefficient (Wildman–Crippen LogP) is 6.56. The first-order valence-corrected chi connectivity index (χ1v) is 12.2. The van der Waals surface area contributed by atoms with Crippen molar-refractivity contribution in [3.05, 3.63) is 70.3 Å². The van der Waals surface area contributed by atoms with Crippen molar-refractivity contribution in [2.45, 2.75) is 58.3 Å². The summed E-state index contributed by atoms with van der Waals surface area (Å²) in [4.78, 5) is 2.29. The van der Waals surface area contributed by atoms with Crippen LogP contribution in [0.4, 0.5) is 5.69 Å². The molecule has 172 valence electrons. The number of likely N-dealkylation sites (N-methyl/N-ethyl adjacent to an activating group) is 1. The van der Waals surface area contributed by atoms with E-state index in [0.29, 0.717) is 6.61 Å². The van der Waals surface area contributed by atoms with Gasteiger partial charge in [0.1, 0.15) is 17.7 Å². The Morgan fingerprint density at radius 3 is 2.39 bits per heavy atom. The molecule has 0 aromatic heterocycles. The third-order valence-electron chi connectivity index (χ3n) is 6.64. The van der Waals surface area contributed by atoms with E-state index >= 15 is 0 Å². The second-order valence-electron chi connectivity index (χ2n) is 8.84. The van der Waals surface area contributed by atoms with E-state index < -0.39 is 0 Å². The fraction of sp³-hybridized carbons (Fsp3) is 0.448. The maximum atomic E-state index is 8.98. The smallest absolute Gasteiger partial charge is 0.130 e. The van der Waals surface area contributed by atoms with E-state index in [-0.39, 0.29) is 5.57 Å². The van der Waals surface area contributed by atoms with Crippen LogP contribution in [0.5, 0.6) is 0 Å². The first-order valence-electron chi connectivity index (χ1n) is 12.2. The molecule has 33 heavy (non-hydrogen) atoms. The van der Waals surface area contributed by atoms with Gasteiger partial charge in [0.05, 0.1) is 13.2 Å². The van der Waals surface area contributed by atoms with Gasteiger partial charge in [-0.05, 0) is 79.5 Å². The molecule has 1 saturated carbocycles. The summed E-state index contributed by atoms with van der Waals surface area (Å²) >= 11 is 0. The zero-order valence-electron chi connectivity index (χ0n) is 20.0. The van der Waals surface area contributed by atoms with Gasteiger partial charge in [-0.25, -0.2) is 0 Å². The standard InChI is InChI=1S/C29H35N3O/c1-3-32(29-14-13-28(23(2)19-29)20-25(21-30)22-31)16-18-33-17-15-24-9-11-27(12-10-24)26-7-5-4-6-8-26/h9-14,19-20,26H,3-8,15-18H2,1-2H3. The normalized spacial score (nSPS) is 13.7. The summed E-state index contributed by atoms with van der Waals surface area (Å²) in [5.41, 5.74) is 6.05. The van der Waals surface area contributed by atoms with Gasteiger partial charge in [-0.3, -0.25) is 0 Å². The topological polar surface area (TPSA) is 60.0 Å². The largest absolute Gasteiger partial charge is 0.379 e. The first-order chi connectivity index (χ1) is 16.1. The maximum absolute atomic E-state index is 8.98. The molecule has 0 saturated heterocycles. The van der Waals surface area contributed by atoms with Gasteiger partial charge in [-0.2, -0.15) is 10.5 Å². The summed E-state index contributed by atoms with van der Waals surface area (Å²) in [6.45, 7) is 7.28. The Labute approximate surface area is 199 Å². The Balaban J connectivity index is 1.45. The molecule has 0 N–H and O–H groups in total. The molecule has 0 atom stereocenters. The van der Waals surface area contributed by atoms with E-state index in [1.807, 2.05) is 31.2 Å². The van der Waals surface area contributed by atoms with Crippen molar-refractivity contribution in [1.82, 2.24) is 0 Å². The quantitative estimate of drug-likeness (QED) is 0.309. The molecule has 2 aromatic rings. The zero-order valence-corrected chi connectivity index (χ0v) is 20.0. The van der Waals surface area contributed by atoms with Gasteiger partial charge in [-0.15, -0.1) is 0 Å². The number of hydrogen-bond donors (Lipinski definition) is 0. The number of nitriles is 2. The van der Waals surface area contributed by atoms with Crippen LogP contribution < -0.4 is 4.90 Å². The van der Waals surface area contributed by atoms with E-state index in [9.17, 15) is 0 Å². The predicted molar refractivity (Wildman–Crippen MR) is 135 cm³/mol. The monoisotopic (exact) mass is 441 g/mol. The highest BCUT2D eigenvalue weighted by atomic mass is 16.5. The van der Waals surface area contributed by atoms with Gasteiger partial charge in [0.25, 0.3) is 0 Å². The third-order valence-corrected chi connectivity index (χ3v) is 6.64. The summed E-state index contributed by atoms with van der Waals surface area (Å²) in [5, 5.41) is 18.0. The number of hydrogen-bond acceptors (Lipinski definition) is 4. The number of allylic oxidation sites excluding steroid dienone is 1. The van der Waals surface area contributed by atoms with Crippen molar-refractivity contribution in [2.24, 2.45) is 0 Å².